The monoisotopic (exact) mass is 352 g/mol. The zero-order valence-corrected chi connectivity index (χ0v) is 12.4. The Hall–Kier alpha value is -2.35. The number of benzene rings is 1. The number of aliphatic carboxylic acids is 1. The van der Waals surface area contributed by atoms with Crippen LogP contribution in [0.2, 0.25) is 0 Å². The Labute approximate surface area is 128 Å². The maximum atomic E-state index is 12.1. The quantitative estimate of drug-likeness (QED) is 0.602. The third-order valence-electron chi connectivity index (χ3n) is 2.84. The van der Waals surface area contributed by atoms with Crippen molar-refractivity contribution in [2.24, 2.45) is 0 Å². The minimum atomic E-state index is -1.12. The lowest BCUT2D eigenvalue weighted by molar-refractivity contribution is -0.139. The molecule has 0 fully saturated rings. The van der Waals surface area contributed by atoms with Crippen molar-refractivity contribution in [3.05, 3.63) is 46.5 Å². The number of nitrogens with zero attached hydrogens (tertiary/aromatic N) is 1. The number of rotatable bonds is 5. The SMILES string of the molecule is Nc1cc(C(=O)NC(Cc2cnc[nH]2)C(=O)O)ccc1Br. The van der Waals surface area contributed by atoms with Gasteiger partial charge in [-0.25, -0.2) is 9.78 Å². The number of imidazole rings is 1. The number of nitrogens with two attached hydrogens (primary N) is 1. The van der Waals surface area contributed by atoms with Gasteiger partial charge in [-0.05, 0) is 34.1 Å². The van der Waals surface area contributed by atoms with Crippen molar-refractivity contribution in [1.29, 1.82) is 0 Å². The molecule has 0 saturated carbocycles. The second-order valence-electron chi connectivity index (χ2n) is 4.38. The summed E-state index contributed by atoms with van der Waals surface area (Å²) in [4.78, 5) is 29.9. The van der Waals surface area contributed by atoms with Gasteiger partial charge in [0.15, 0.2) is 0 Å². The van der Waals surface area contributed by atoms with Crippen molar-refractivity contribution < 1.29 is 14.7 Å². The first-order chi connectivity index (χ1) is 9.97. The number of carbonyl (C=O) groups excluding carboxylic acids is 1. The van der Waals surface area contributed by atoms with Gasteiger partial charge < -0.3 is 21.1 Å². The number of H-pyrrole nitrogens is 1. The predicted molar refractivity (Wildman–Crippen MR) is 79.7 cm³/mol. The van der Waals surface area contributed by atoms with Crippen LogP contribution in [0.5, 0.6) is 0 Å². The topological polar surface area (TPSA) is 121 Å². The zero-order chi connectivity index (χ0) is 15.4. The van der Waals surface area contributed by atoms with Crippen LogP contribution in [-0.4, -0.2) is 33.0 Å². The summed E-state index contributed by atoms with van der Waals surface area (Å²) in [6.07, 6.45) is 3.08. The van der Waals surface area contributed by atoms with Gasteiger partial charge in [0.2, 0.25) is 0 Å². The molecule has 0 spiro atoms. The molecule has 1 heterocycles. The number of halogens is 1. The van der Waals surface area contributed by atoms with E-state index in [4.69, 9.17) is 5.73 Å². The third-order valence-corrected chi connectivity index (χ3v) is 3.56. The summed E-state index contributed by atoms with van der Waals surface area (Å²) >= 11 is 3.23. The van der Waals surface area contributed by atoms with Crippen LogP contribution in [0.3, 0.4) is 0 Å². The Kier molecular flexibility index (Phi) is 4.59. The van der Waals surface area contributed by atoms with Gasteiger partial charge >= 0.3 is 5.97 Å². The van der Waals surface area contributed by atoms with Crippen LogP contribution in [0, 0.1) is 0 Å². The van der Waals surface area contributed by atoms with Gasteiger partial charge in [-0.2, -0.15) is 0 Å². The van der Waals surface area contributed by atoms with Gasteiger partial charge in [-0.3, -0.25) is 4.79 Å². The number of hydrogen-bond acceptors (Lipinski definition) is 4. The minimum Gasteiger partial charge on any atom is -0.480 e. The fraction of sp³-hybridized carbons (Fsp3) is 0.154. The Balaban J connectivity index is 2.10. The van der Waals surface area contributed by atoms with E-state index in [0.717, 1.165) is 0 Å². The third kappa shape index (κ3) is 3.82. The lowest BCUT2D eigenvalue weighted by Crippen LogP contribution is -2.42. The summed E-state index contributed by atoms with van der Waals surface area (Å²) in [7, 11) is 0. The molecule has 1 amide bonds. The van der Waals surface area contributed by atoms with Crippen LogP contribution in [0.15, 0.2) is 35.2 Å². The number of carboxylic acids is 1. The summed E-state index contributed by atoms with van der Waals surface area (Å²) in [5.41, 5.74) is 7.03. The van der Waals surface area contributed by atoms with E-state index >= 15 is 0 Å². The number of amides is 1. The average Bonchev–Trinajstić information content (AvgIpc) is 2.93. The summed E-state index contributed by atoms with van der Waals surface area (Å²) in [5, 5.41) is 11.6. The predicted octanol–water partition coefficient (Wildman–Crippen LogP) is 1.18. The normalized spacial score (nSPS) is 11.9. The summed E-state index contributed by atoms with van der Waals surface area (Å²) in [6.45, 7) is 0. The van der Waals surface area contributed by atoms with E-state index in [-0.39, 0.29) is 6.42 Å². The molecule has 0 aliphatic heterocycles. The van der Waals surface area contributed by atoms with Crippen LogP contribution >= 0.6 is 15.9 Å². The van der Waals surface area contributed by atoms with Crippen LogP contribution in [0.4, 0.5) is 5.69 Å². The maximum Gasteiger partial charge on any atom is 0.326 e. The Morgan fingerprint density at radius 1 is 1.48 bits per heavy atom. The van der Waals surface area contributed by atoms with Crippen LogP contribution < -0.4 is 11.1 Å². The van der Waals surface area contributed by atoms with Crippen molar-refractivity contribution in [2.75, 3.05) is 5.73 Å². The molecule has 1 atom stereocenters. The highest BCUT2D eigenvalue weighted by Crippen LogP contribution is 2.20. The highest BCUT2D eigenvalue weighted by molar-refractivity contribution is 9.10. The molecule has 7 nitrogen and oxygen atoms in total. The van der Waals surface area contributed by atoms with Crippen LogP contribution in [0.1, 0.15) is 16.1 Å². The van der Waals surface area contributed by atoms with Gasteiger partial charge in [0.05, 0.1) is 6.33 Å². The van der Waals surface area contributed by atoms with Crippen LogP contribution in [-0.2, 0) is 11.2 Å². The molecule has 0 bridgehead atoms. The van der Waals surface area contributed by atoms with Crippen molar-refractivity contribution in [3.8, 4) is 0 Å². The molecule has 110 valence electrons. The second kappa shape index (κ2) is 6.40. The van der Waals surface area contributed by atoms with Gasteiger partial charge in [-0.15, -0.1) is 0 Å². The number of carboxylic acid groups (broad SMARTS) is 1. The van der Waals surface area contributed by atoms with Crippen LogP contribution in [0.25, 0.3) is 0 Å². The molecule has 0 radical (unpaired) electrons. The van der Waals surface area contributed by atoms with E-state index in [2.05, 4.69) is 31.2 Å². The Morgan fingerprint density at radius 3 is 2.81 bits per heavy atom. The number of nitrogen functional groups attached to an aromatic ring is 1. The van der Waals surface area contributed by atoms with E-state index in [9.17, 15) is 14.7 Å². The zero-order valence-electron chi connectivity index (χ0n) is 10.8. The summed E-state index contributed by atoms with van der Waals surface area (Å²) < 4.78 is 0.672. The largest absolute Gasteiger partial charge is 0.480 e. The molecule has 0 saturated heterocycles. The molecule has 1 aromatic carbocycles. The molecule has 1 unspecified atom stereocenters. The first-order valence-electron chi connectivity index (χ1n) is 6.03. The molecule has 2 aromatic rings. The van der Waals surface area contributed by atoms with Crippen molar-refractivity contribution in [2.45, 2.75) is 12.5 Å². The van der Waals surface area contributed by atoms with Crippen molar-refractivity contribution in [3.63, 3.8) is 0 Å². The van der Waals surface area contributed by atoms with E-state index in [0.29, 0.717) is 21.4 Å². The number of hydrogen-bond donors (Lipinski definition) is 4. The maximum absolute atomic E-state index is 12.1. The smallest absolute Gasteiger partial charge is 0.326 e. The fourth-order valence-corrected chi connectivity index (χ4v) is 1.99. The molecule has 1 aromatic heterocycles. The first-order valence-corrected chi connectivity index (χ1v) is 6.82. The summed E-state index contributed by atoms with van der Waals surface area (Å²) in [6, 6.07) is 3.62. The molecule has 0 aliphatic carbocycles. The number of carbonyl (C=O) groups is 2. The lowest BCUT2D eigenvalue weighted by Gasteiger charge is -2.14. The standard InChI is InChI=1S/C13H13BrN4O3/c14-9-2-1-7(3-10(9)15)12(19)18-11(13(20)21)4-8-5-16-6-17-8/h1-3,5-6,11H,4,15H2,(H,16,17)(H,18,19)(H,20,21). The van der Waals surface area contributed by atoms with E-state index in [1.807, 2.05) is 0 Å². The lowest BCUT2D eigenvalue weighted by atomic mass is 10.1. The molecule has 8 heteroatoms. The number of anilines is 1. The average molecular weight is 353 g/mol. The highest BCUT2D eigenvalue weighted by atomic mass is 79.9. The van der Waals surface area contributed by atoms with Gasteiger partial charge in [0, 0.05) is 34.0 Å². The molecule has 2 rings (SSSR count). The van der Waals surface area contributed by atoms with Gasteiger partial charge in [0.1, 0.15) is 6.04 Å². The van der Waals surface area contributed by atoms with Gasteiger partial charge in [-0.1, -0.05) is 0 Å². The number of aromatic nitrogens is 2. The van der Waals surface area contributed by atoms with Gasteiger partial charge in [0.25, 0.3) is 5.91 Å². The second-order valence-corrected chi connectivity index (χ2v) is 5.24. The molecular formula is C13H13BrN4O3. The molecule has 21 heavy (non-hydrogen) atoms. The van der Waals surface area contributed by atoms with Crippen molar-refractivity contribution in [1.82, 2.24) is 15.3 Å². The Morgan fingerprint density at radius 2 is 2.24 bits per heavy atom. The van der Waals surface area contributed by atoms with E-state index < -0.39 is 17.9 Å². The number of nitrogens with one attached hydrogen (secondary N) is 2. The molecule has 5 N–H and O–H groups in total. The molecular weight excluding hydrogens is 340 g/mol. The van der Waals surface area contributed by atoms with E-state index in [1.165, 1.54) is 18.6 Å². The summed E-state index contributed by atoms with van der Waals surface area (Å²) in [5.74, 6) is -1.62. The Bertz CT molecular complexity index is 657. The van der Waals surface area contributed by atoms with Crippen molar-refractivity contribution >= 4 is 33.5 Å². The number of aromatic amines is 1. The molecule has 0 aliphatic rings. The minimum absolute atomic E-state index is 0.118. The first kappa shape index (κ1) is 15.0. The van der Waals surface area contributed by atoms with E-state index in [1.54, 1.807) is 12.1 Å². The highest BCUT2D eigenvalue weighted by Gasteiger charge is 2.22. The fourth-order valence-electron chi connectivity index (χ4n) is 1.74.